The third kappa shape index (κ3) is 7.92. The second-order valence-electron chi connectivity index (χ2n) is 12.2. The van der Waals surface area contributed by atoms with Crippen LogP contribution in [0.25, 0.3) is 6.08 Å². The molecule has 0 atom stereocenters. The van der Waals surface area contributed by atoms with Crippen molar-refractivity contribution < 1.29 is 14.3 Å². The zero-order valence-corrected chi connectivity index (χ0v) is 22.8. The van der Waals surface area contributed by atoms with E-state index in [1.807, 2.05) is 24.3 Å². The Labute approximate surface area is 216 Å². The second kappa shape index (κ2) is 11.6. The minimum absolute atomic E-state index is 0.0961. The van der Waals surface area contributed by atoms with Crippen LogP contribution in [0.4, 0.5) is 4.39 Å². The molecular formula is C31H43FN2O2. The lowest BCUT2D eigenvalue weighted by Crippen LogP contribution is -2.34. The van der Waals surface area contributed by atoms with Gasteiger partial charge >= 0.3 is 0 Å². The second-order valence-corrected chi connectivity index (χ2v) is 12.2. The molecule has 1 amide bonds. The molecule has 3 rings (SSSR count). The molecule has 0 bridgehead atoms. The molecule has 1 aliphatic heterocycles. The van der Waals surface area contributed by atoms with Gasteiger partial charge in [-0.05, 0) is 90.6 Å². The molecule has 2 aromatic rings. The molecule has 0 radical (unpaired) electrons. The zero-order chi connectivity index (χ0) is 26.5. The Morgan fingerprint density at radius 2 is 1.67 bits per heavy atom. The molecule has 0 unspecified atom stereocenters. The van der Waals surface area contributed by atoms with Crippen molar-refractivity contribution in [1.29, 1.82) is 0 Å². The highest BCUT2D eigenvalue weighted by molar-refractivity contribution is 5.91. The van der Waals surface area contributed by atoms with Gasteiger partial charge in [-0.1, -0.05) is 53.7 Å². The fourth-order valence-electron chi connectivity index (χ4n) is 4.85. The summed E-state index contributed by atoms with van der Waals surface area (Å²) >= 11 is 0. The molecule has 1 fully saturated rings. The first-order valence-electron chi connectivity index (χ1n) is 13.1. The van der Waals surface area contributed by atoms with Gasteiger partial charge in [-0.25, -0.2) is 4.39 Å². The van der Waals surface area contributed by atoms with Gasteiger partial charge in [0.15, 0.2) is 0 Å². The summed E-state index contributed by atoms with van der Waals surface area (Å²) in [4.78, 5) is 14.9. The Morgan fingerprint density at radius 3 is 2.22 bits per heavy atom. The van der Waals surface area contributed by atoms with E-state index >= 15 is 0 Å². The van der Waals surface area contributed by atoms with Crippen molar-refractivity contribution >= 4 is 12.0 Å². The van der Waals surface area contributed by atoms with Crippen LogP contribution in [0.5, 0.6) is 5.75 Å². The van der Waals surface area contributed by atoms with E-state index in [1.165, 1.54) is 6.07 Å². The average molecular weight is 495 g/mol. The molecule has 2 aromatic carbocycles. The number of phenolic OH excluding ortho intramolecular Hbond substituents is 1. The van der Waals surface area contributed by atoms with Crippen LogP contribution >= 0.6 is 0 Å². The van der Waals surface area contributed by atoms with Crippen LogP contribution in [0.3, 0.4) is 0 Å². The maximum absolute atomic E-state index is 13.4. The summed E-state index contributed by atoms with van der Waals surface area (Å²) in [7, 11) is 0. The molecule has 0 saturated carbocycles. The number of hydrogen-bond donors (Lipinski definition) is 2. The molecule has 0 aliphatic carbocycles. The number of halogens is 1. The van der Waals surface area contributed by atoms with Gasteiger partial charge in [-0.3, -0.25) is 9.69 Å². The van der Waals surface area contributed by atoms with Crippen molar-refractivity contribution in [3.63, 3.8) is 0 Å². The molecule has 5 heteroatoms. The number of rotatable bonds is 7. The van der Waals surface area contributed by atoms with E-state index in [2.05, 4.69) is 51.8 Å². The molecule has 1 aliphatic rings. The van der Waals surface area contributed by atoms with Crippen LogP contribution in [-0.4, -0.2) is 35.5 Å². The Hall–Kier alpha value is -2.66. The largest absolute Gasteiger partial charge is 0.507 e. The summed E-state index contributed by atoms with van der Waals surface area (Å²) in [5, 5.41) is 13.9. The molecule has 4 nitrogen and oxygen atoms in total. The van der Waals surface area contributed by atoms with Gasteiger partial charge in [-0.2, -0.15) is 0 Å². The van der Waals surface area contributed by atoms with E-state index < -0.39 is 0 Å². The van der Waals surface area contributed by atoms with Crippen LogP contribution < -0.4 is 5.32 Å². The van der Waals surface area contributed by atoms with E-state index in [1.54, 1.807) is 18.2 Å². The summed E-state index contributed by atoms with van der Waals surface area (Å²) < 4.78 is 13.4. The number of carbonyl (C=O) groups is 1. The van der Waals surface area contributed by atoms with E-state index in [0.717, 1.165) is 61.2 Å². The fraction of sp³-hybridized carbons (Fsp3) is 0.516. The van der Waals surface area contributed by atoms with Crippen LogP contribution in [0, 0.1) is 11.7 Å². The van der Waals surface area contributed by atoms with Gasteiger partial charge in [0.25, 0.3) is 0 Å². The number of nitrogens with zero attached hydrogens (tertiary/aromatic N) is 1. The molecular weight excluding hydrogens is 451 g/mol. The highest BCUT2D eigenvalue weighted by Gasteiger charge is 2.26. The summed E-state index contributed by atoms with van der Waals surface area (Å²) in [6.07, 6.45) is 6.59. The van der Waals surface area contributed by atoms with Crippen LogP contribution in [0.15, 0.2) is 42.5 Å². The SMILES string of the molecule is CC(C)(C)c1cc(/C=C/C(=O)NCCC2CCN(Cc3cccc(F)c3)CC2)cc(C(C)(C)C)c1O. The van der Waals surface area contributed by atoms with Gasteiger partial charge in [0, 0.05) is 30.3 Å². The van der Waals surface area contributed by atoms with Crippen molar-refractivity contribution in [2.24, 2.45) is 5.92 Å². The number of piperidine rings is 1. The Balaban J connectivity index is 1.49. The Morgan fingerprint density at radius 1 is 1.06 bits per heavy atom. The molecule has 1 heterocycles. The highest BCUT2D eigenvalue weighted by atomic mass is 19.1. The topological polar surface area (TPSA) is 52.6 Å². The average Bonchev–Trinajstić information content (AvgIpc) is 2.78. The summed E-state index contributed by atoms with van der Waals surface area (Å²) in [5.74, 6) is 0.667. The number of hydrogen-bond acceptors (Lipinski definition) is 3. The first-order valence-corrected chi connectivity index (χ1v) is 13.1. The Bertz CT molecular complexity index is 1040. The number of likely N-dealkylation sites (tertiary alicyclic amines) is 1. The lowest BCUT2D eigenvalue weighted by Gasteiger charge is -2.32. The predicted molar refractivity (Wildman–Crippen MR) is 147 cm³/mol. The first kappa shape index (κ1) is 27.9. The smallest absolute Gasteiger partial charge is 0.243 e. The van der Waals surface area contributed by atoms with Crippen molar-refractivity contribution in [1.82, 2.24) is 10.2 Å². The van der Waals surface area contributed by atoms with E-state index in [0.29, 0.717) is 18.2 Å². The number of carbonyl (C=O) groups excluding carboxylic acids is 1. The number of nitrogens with one attached hydrogen (secondary N) is 1. The molecule has 36 heavy (non-hydrogen) atoms. The minimum Gasteiger partial charge on any atom is -0.507 e. The molecule has 0 aromatic heterocycles. The zero-order valence-electron chi connectivity index (χ0n) is 22.8. The molecule has 196 valence electrons. The monoisotopic (exact) mass is 494 g/mol. The maximum atomic E-state index is 13.4. The summed E-state index contributed by atoms with van der Waals surface area (Å²) in [6, 6.07) is 10.8. The lowest BCUT2D eigenvalue weighted by atomic mass is 9.78. The van der Waals surface area contributed by atoms with Crippen molar-refractivity contribution in [3.8, 4) is 5.75 Å². The van der Waals surface area contributed by atoms with Gasteiger partial charge in [0.1, 0.15) is 11.6 Å². The quantitative estimate of drug-likeness (QED) is 0.429. The van der Waals surface area contributed by atoms with Gasteiger partial charge < -0.3 is 10.4 Å². The number of aromatic hydroxyl groups is 1. The maximum Gasteiger partial charge on any atom is 0.243 e. The molecule has 1 saturated heterocycles. The van der Waals surface area contributed by atoms with Gasteiger partial charge in [-0.15, -0.1) is 0 Å². The lowest BCUT2D eigenvalue weighted by molar-refractivity contribution is -0.116. The van der Waals surface area contributed by atoms with Crippen molar-refractivity contribution in [2.75, 3.05) is 19.6 Å². The van der Waals surface area contributed by atoms with E-state index in [-0.39, 0.29) is 22.6 Å². The van der Waals surface area contributed by atoms with Crippen LogP contribution in [-0.2, 0) is 22.2 Å². The van der Waals surface area contributed by atoms with Gasteiger partial charge in [0.2, 0.25) is 5.91 Å². The first-order chi connectivity index (χ1) is 16.8. The standard InChI is InChI=1S/C31H43FN2O2/c1-30(2,3)26-19-23(20-27(29(26)36)31(4,5)6)10-11-28(35)33-15-12-22-13-16-34(17-14-22)21-24-8-7-9-25(32)18-24/h7-11,18-20,22,36H,12-17,21H2,1-6H3,(H,33,35)/b11-10+. The van der Waals surface area contributed by atoms with E-state index in [4.69, 9.17) is 0 Å². The van der Waals surface area contributed by atoms with Crippen molar-refractivity contribution in [2.45, 2.75) is 78.2 Å². The van der Waals surface area contributed by atoms with Crippen LogP contribution in [0.1, 0.15) is 83.1 Å². The molecule has 0 spiro atoms. The minimum atomic E-state index is -0.205. The van der Waals surface area contributed by atoms with Crippen LogP contribution in [0.2, 0.25) is 0 Å². The third-order valence-corrected chi connectivity index (χ3v) is 7.03. The fourth-order valence-corrected chi connectivity index (χ4v) is 4.85. The molecule has 2 N–H and O–H groups in total. The Kier molecular flexibility index (Phi) is 8.99. The number of amides is 1. The van der Waals surface area contributed by atoms with E-state index in [9.17, 15) is 14.3 Å². The van der Waals surface area contributed by atoms with Gasteiger partial charge in [0.05, 0.1) is 0 Å². The predicted octanol–water partition coefficient (Wildman–Crippen LogP) is 6.56. The highest BCUT2D eigenvalue weighted by Crippen LogP contribution is 2.40. The normalized spacial score (nSPS) is 16.0. The number of benzene rings is 2. The summed E-state index contributed by atoms with van der Waals surface area (Å²) in [5.41, 5.74) is 3.30. The third-order valence-electron chi connectivity index (χ3n) is 7.03. The summed E-state index contributed by atoms with van der Waals surface area (Å²) in [6.45, 7) is 16.0. The number of phenols is 1. The van der Waals surface area contributed by atoms with Crippen molar-refractivity contribution in [3.05, 3.63) is 70.5 Å².